The molecule has 0 saturated heterocycles. The van der Waals surface area contributed by atoms with Gasteiger partial charge < -0.3 is 15.5 Å². The topological polar surface area (TPSA) is 114 Å². The Balaban J connectivity index is 1.87. The Morgan fingerprint density at radius 1 is 1.44 bits per heavy atom. The van der Waals surface area contributed by atoms with Gasteiger partial charge in [0.15, 0.2) is 17.5 Å². The average molecular weight is 341 g/mol. The van der Waals surface area contributed by atoms with Gasteiger partial charge in [-0.3, -0.25) is 14.5 Å². The SMILES string of the molecule is Cc1nc(C(=O)Nc2cccc([C@]3(C)CC(=O)N(C)C(N)=N3)c2)co1. The van der Waals surface area contributed by atoms with E-state index in [0.717, 1.165) is 5.56 Å². The number of rotatable bonds is 3. The molecule has 3 N–H and O–H groups in total. The lowest BCUT2D eigenvalue weighted by Crippen LogP contribution is -2.47. The molecule has 0 aliphatic carbocycles. The number of hydrogen-bond acceptors (Lipinski definition) is 6. The average Bonchev–Trinajstić information content (AvgIpc) is 2.99. The van der Waals surface area contributed by atoms with Crippen LogP contribution >= 0.6 is 0 Å². The molecule has 8 heteroatoms. The van der Waals surface area contributed by atoms with Crippen molar-refractivity contribution in [2.24, 2.45) is 10.7 Å². The lowest BCUT2D eigenvalue weighted by Gasteiger charge is -2.33. The van der Waals surface area contributed by atoms with Crippen LogP contribution in [0.3, 0.4) is 0 Å². The fourth-order valence-electron chi connectivity index (χ4n) is 2.67. The Hall–Kier alpha value is -3.16. The number of aryl methyl sites for hydroxylation is 1. The van der Waals surface area contributed by atoms with Gasteiger partial charge in [0, 0.05) is 19.7 Å². The normalized spacial score (nSPS) is 20.4. The number of aromatic nitrogens is 1. The molecule has 3 rings (SSSR count). The molecule has 2 aromatic rings. The summed E-state index contributed by atoms with van der Waals surface area (Å²) in [5.41, 5.74) is 6.62. The van der Waals surface area contributed by atoms with E-state index < -0.39 is 5.54 Å². The predicted octanol–water partition coefficient (Wildman–Crippen LogP) is 1.63. The Labute approximate surface area is 144 Å². The highest BCUT2D eigenvalue weighted by Crippen LogP contribution is 2.34. The van der Waals surface area contributed by atoms with E-state index in [4.69, 9.17) is 10.2 Å². The maximum atomic E-state index is 12.2. The molecule has 2 amide bonds. The molecule has 8 nitrogen and oxygen atoms in total. The molecule has 1 aliphatic heterocycles. The number of aliphatic imine (C=N–C) groups is 1. The molecule has 130 valence electrons. The number of amides is 2. The fourth-order valence-corrected chi connectivity index (χ4v) is 2.67. The van der Waals surface area contributed by atoms with E-state index in [9.17, 15) is 9.59 Å². The highest BCUT2D eigenvalue weighted by molar-refractivity contribution is 6.02. The van der Waals surface area contributed by atoms with Crippen LogP contribution in [0.2, 0.25) is 0 Å². The van der Waals surface area contributed by atoms with Crippen LogP contribution in [0.1, 0.15) is 35.3 Å². The monoisotopic (exact) mass is 341 g/mol. The molecular formula is C17H19N5O3. The number of nitrogens with one attached hydrogen (secondary N) is 1. The number of nitrogens with two attached hydrogens (primary N) is 1. The lowest BCUT2D eigenvalue weighted by atomic mass is 9.87. The molecule has 25 heavy (non-hydrogen) atoms. The molecule has 0 saturated carbocycles. The van der Waals surface area contributed by atoms with Crippen molar-refractivity contribution in [2.75, 3.05) is 12.4 Å². The summed E-state index contributed by atoms with van der Waals surface area (Å²) < 4.78 is 5.05. The van der Waals surface area contributed by atoms with Crippen LogP contribution in [-0.4, -0.2) is 34.7 Å². The standard InChI is InChI=1S/C17H19N5O3/c1-10-19-13(9-25-10)15(24)20-12-6-4-5-11(7-12)17(2)8-14(23)22(3)16(18)21-17/h4-7,9H,8H2,1-3H3,(H2,18,21)(H,20,24)/t17-/m0/s1. The third-order valence-corrected chi connectivity index (χ3v) is 4.17. The van der Waals surface area contributed by atoms with Crippen molar-refractivity contribution in [1.29, 1.82) is 0 Å². The Morgan fingerprint density at radius 3 is 2.84 bits per heavy atom. The quantitative estimate of drug-likeness (QED) is 0.880. The first kappa shape index (κ1) is 16.7. The van der Waals surface area contributed by atoms with Crippen LogP contribution < -0.4 is 11.1 Å². The number of guanidine groups is 1. The zero-order valence-corrected chi connectivity index (χ0v) is 14.2. The number of oxazole rings is 1. The van der Waals surface area contributed by atoms with Gasteiger partial charge in [0.2, 0.25) is 5.91 Å². The number of nitrogens with zero attached hydrogens (tertiary/aromatic N) is 3. The number of anilines is 1. The fraction of sp³-hybridized carbons (Fsp3) is 0.294. The molecule has 0 bridgehead atoms. The second kappa shape index (κ2) is 6.04. The highest BCUT2D eigenvalue weighted by Gasteiger charge is 2.36. The highest BCUT2D eigenvalue weighted by atomic mass is 16.3. The van der Waals surface area contributed by atoms with Gasteiger partial charge in [0.05, 0.1) is 12.0 Å². The summed E-state index contributed by atoms with van der Waals surface area (Å²) >= 11 is 0. The van der Waals surface area contributed by atoms with Crippen LogP contribution in [0.5, 0.6) is 0 Å². The summed E-state index contributed by atoms with van der Waals surface area (Å²) in [5.74, 6) is 0.108. The van der Waals surface area contributed by atoms with E-state index in [1.807, 2.05) is 13.0 Å². The number of carbonyl (C=O) groups excluding carboxylic acids is 2. The van der Waals surface area contributed by atoms with Crippen LogP contribution in [0.25, 0.3) is 0 Å². The molecule has 1 atom stereocenters. The molecule has 2 heterocycles. The van der Waals surface area contributed by atoms with Crippen molar-refractivity contribution in [3.8, 4) is 0 Å². The first-order chi connectivity index (χ1) is 11.8. The predicted molar refractivity (Wildman–Crippen MR) is 92.0 cm³/mol. The summed E-state index contributed by atoms with van der Waals surface area (Å²) in [6.45, 7) is 3.50. The molecule has 0 spiro atoms. The van der Waals surface area contributed by atoms with Gasteiger partial charge in [-0.15, -0.1) is 0 Å². The van der Waals surface area contributed by atoms with Gasteiger partial charge in [0.1, 0.15) is 6.26 Å². The lowest BCUT2D eigenvalue weighted by molar-refractivity contribution is -0.128. The van der Waals surface area contributed by atoms with Crippen molar-refractivity contribution in [3.05, 3.63) is 47.7 Å². The van der Waals surface area contributed by atoms with Crippen molar-refractivity contribution in [1.82, 2.24) is 9.88 Å². The summed E-state index contributed by atoms with van der Waals surface area (Å²) in [6.07, 6.45) is 1.50. The summed E-state index contributed by atoms with van der Waals surface area (Å²) in [5, 5.41) is 2.76. The van der Waals surface area contributed by atoms with Crippen molar-refractivity contribution in [3.63, 3.8) is 0 Å². The zero-order chi connectivity index (χ0) is 18.2. The maximum absolute atomic E-state index is 12.2. The van der Waals surface area contributed by atoms with Gasteiger partial charge in [0.25, 0.3) is 5.91 Å². The van der Waals surface area contributed by atoms with E-state index >= 15 is 0 Å². The van der Waals surface area contributed by atoms with Gasteiger partial charge in [-0.25, -0.2) is 9.98 Å². The van der Waals surface area contributed by atoms with Crippen LogP contribution in [0.15, 0.2) is 39.9 Å². The van der Waals surface area contributed by atoms with Gasteiger partial charge in [-0.1, -0.05) is 12.1 Å². The van der Waals surface area contributed by atoms with Gasteiger partial charge in [-0.05, 0) is 24.6 Å². The Bertz CT molecular complexity index is 873. The minimum absolute atomic E-state index is 0.109. The van der Waals surface area contributed by atoms with E-state index in [1.165, 1.54) is 11.2 Å². The number of hydrogen-bond donors (Lipinski definition) is 2. The zero-order valence-electron chi connectivity index (χ0n) is 14.2. The summed E-state index contributed by atoms with van der Waals surface area (Å²) in [4.78, 5) is 34.1. The first-order valence-electron chi connectivity index (χ1n) is 7.74. The number of carbonyl (C=O) groups is 2. The van der Waals surface area contributed by atoms with Crippen molar-refractivity contribution in [2.45, 2.75) is 25.8 Å². The van der Waals surface area contributed by atoms with Gasteiger partial charge >= 0.3 is 0 Å². The van der Waals surface area contributed by atoms with E-state index in [0.29, 0.717) is 11.6 Å². The Morgan fingerprint density at radius 2 is 2.20 bits per heavy atom. The third kappa shape index (κ3) is 3.23. The molecule has 1 aromatic heterocycles. The number of benzene rings is 1. The van der Waals surface area contributed by atoms with Crippen molar-refractivity contribution < 1.29 is 14.0 Å². The van der Waals surface area contributed by atoms with E-state index in [1.54, 1.807) is 32.2 Å². The molecular weight excluding hydrogens is 322 g/mol. The van der Waals surface area contributed by atoms with E-state index in [2.05, 4.69) is 15.3 Å². The molecule has 0 unspecified atom stereocenters. The minimum atomic E-state index is -0.779. The first-order valence-corrected chi connectivity index (χ1v) is 7.74. The second-order valence-electron chi connectivity index (χ2n) is 6.16. The maximum Gasteiger partial charge on any atom is 0.277 e. The molecule has 0 fully saturated rings. The summed E-state index contributed by atoms with van der Waals surface area (Å²) in [6, 6.07) is 7.17. The molecule has 1 aromatic carbocycles. The van der Waals surface area contributed by atoms with Crippen LogP contribution in [0.4, 0.5) is 5.69 Å². The molecule has 0 radical (unpaired) electrons. The van der Waals surface area contributed by atoms with Crippen LogP contribution in [0, 0.1) is 6.92 Å². The van der Waals surface area contributed by atoms with Crippen molar-refractivity contribution >= 4 is 23.5 Å². The second-order valence-corrected chi connectivity index (χ2v) is 6.16. The summed E-state index contributed by atoms with van der Waals surface area (Å²) in [7, 11) is 1.59. The van der Waals surface area contributed by atoms with Gasteiger partial charge in [-0.2, -0.15) is 0 Å². The van der Waals surface area contributed by atoms with E-state index in [-0.39, 0.29) is 29.9 Å². The smallest absolute Gasteiger partial charge is 0.277 e. The largest absolute Gasteiger partial charge is 0.448 e. The Kier molecular flexibility index (Phi) is 4.03. The third-order valence-electron chi connectivity index (χ3n) is 4.17. The molecule has 1 aliphatic rings. The minimum Gasteiger partial charge on any atom is -0.448 e. The van der Waals surface area contributed by atoms with Crippen LogP contribution in [-0.2, 0) is 10.3 Å².